The van der Waals surface area contributed by atoms with Crippen LogP contribution in [0.5, 0.6) is 0 Å². The fourth-order valence-corrected chi connectivity index (χ4v) is 3.88. The number of amides is 2. The second kappa shape index (κ2) is 8.17. The number of imide groups is 1. The molecule has 0 N–H and O–H groups in total. The van der Waals surface area contributed by atoms with Crippen molar-refractivity contribution in [3.05, 3.63) is 69.3 Å². The first-order valence-electron chi connectivity index (χ1n) is 10.0. The van der Waals surface area contributed by atoms with E-state index in [0.717, 1.165) is 17.7 Å². The average Bonchev–Trinajstić information content (AvgIpc) is 3.02. The summed E-state index contributed by atoms with van der Waals surface area (Å²) < 4.78 is 5.13. The number of nitro benzene ring substituents is 1. The molecule has 31 heavy (non-hydrogen) atoms. The van der Waals surface area contributed by atoms with E-state index in [1.807, 2.05) is 4.90 Å². The first-order chi connectivity index (χ1) is 14.9. The van der Waals surface area contributed by atoms with Gasteiger partial charge < -0.3 is 9.64 Å². The van der Waals surface area contributed by atoms with Crippen molar-refractivity contribution in [3.8, 4) is 0 Å². The lowest BCUT2D eigenvalue weighted by molar-refractivity contribution is -0.384. The van der Waals surface area contributed by atoms with Gasteiger partial charge in [-0.1, -0.05) is 19.1 Å². The lowest BCUT2D eigenvalue weighted by Crippen LogP contribution is -2.33. The van der Waals surface area contributed by atoms with E-state index in [2.05, 4.69) is 6.92 Å². The number of nitrogens with zero attached hydrogens (tertiary/aromatic N) is 3. The average molecular weight is 423 g/mol. The van der Waals surface area contributed by atoms with E-state index in [-0.39, 0.29) is 22.4 Å². The molecule has 2 aromatic rings. The predicted octanol–water partition coefficient (Wildman–Crippen LogP) is 3.24. The highest BCUT2D eigenvalue weighted by molar-refractivity contribution is 6.21. The smallest absolute Gasteiger partial charge is 0.340 e. The van der Waals surface area contributed by atoms with Crippen molar-refractivity contribution >= 4 is 29.2 Å². The van der Waals surface area contributed by atoms with Crippen LogP contribution in [0, 0.1) is 16.0 Å². The van der Waals surface area contributed by atoms with Gasteiger partial charge in [-0.25, -0.2) is 9.69 Å². The van der Waals surface area contributed by atoms with Crippen LogP contribution in [0.15, 0.2) is 42.5 Å². The topological polar surface area (TPSA) is 110 Å². The van der Waals surface area contributed by atoms with Gasteiger partial charge in [0.25, 0.3) is 17.5 Å². The molecule has 2 amide bonds. The summed E-state index contributed by atoms with van der Waals surface area (Å²) in [7, 11) is 0. The van der Waals surface area contributed by atoms with Crippen molar-refractivity contribution in [3.63, 3.8) is 0 Å². The lowest BCUT2D eigenvalue weighted by Gasteiger charge is -2.31. The number of rotatable bonds is 5. The second-order valence-corrected chi connectivity index (χ2v) is 7.77. The third-order valence-electron chi connectivity index (χ3n) is 5.74. The summed E-state index contributed by atoms with van der Waals surface area (Å²) in [5.74, 6) is -1.37. The normalized spacial score (nSPS) is 16.4. The number of fused-ring (bicyclic) bond motifs is 1. The van der Waals surface area contributed by atoms with Crippen LogP contribution in [0.1, 0.15) is 50.8 Å². The number of benzene rings is 2. The highest BCUT2D eigenvalue weighted by atomic mass is 16.6. The largest absolute Gasteiger partial charge is 0.440 e. The van der Waals surface area contributed by atoms with Crippen LogP contribution in [0.3, 0.4) is 0 Å². The number of ether oxygens (including phenoxy) is 1. The van der Waals surface area contributed by atoms with E-state index in [4.69, 9.17) is 4.74 Å². The number of anilines is 1. The van der Waals surface area contributed by atoms with Crippen LogP contribution in [0.4, 0.5) is 11.4 Å². The standard InChI is InChI=1S/C22H21N3O6/c1-14-8-10-23(11-9-14)18-7-6-15(12-19(18)25(29)30)22(28)31-13-24-20(26)16-4-2-3-5-17(16)21(24)27/h2-7,12,14H,8-11,13H2,1H3. The number of hydrogen-bond acceptors (Lipinski definition) is 7. The van der Waals surface area contributed by atoms with Gasteiger partial charge in [0, 0.05) is 19.2 Å². The predicted molar refractivity (Wildman–Crippen MR) is 111 cm³/mol. The summed E-state index contributed by atoms with van der Waals surface area (Å²) in [6, 6.07) is 10.5. The Morgan fingerprint density at radius 2 is 1.71 bits per heavy atom. The van der Waals surface area contributed by atoms with E-state index in [9.17, 15) is 24.5 Å². The van der Waals surface area contributed by atoms with Crippen molar-refractivity contribution in [2.75, 3.05) is 24.7 Å². The van der Waals surface area contributed by atoms with Crippen molar-refractivity contribution in [1.29, 1.82) is 0 Å². The zero-order valence-electron chi connectivity index (χ0n) is 16.9. The van der Waals surface area contributed by atoms with E-state index < -0.39 is 29.4 Å². The monoisotopic (exact) mass is 423 g/mol. The minimum atomic E-state index is -0.849. The Labute approximate surface area is 178 Å². The number of piperidine rings is 1. The van der Waals surface area contributed by atoms with Crippen LogP contribution in [0.25, 0.3) is 0 Å². The van der Waals surface area contributed by atoms with Crippen molar-refractivity contribution in [1.82, 2.24) is 4.90 Å². The molecule has 0 radical (unpaired) electrons. The number of hydrogen-bond donors (Lipinski definition) is 0. The molecule has 2 aliphatic rings. The SMILES string of the molecule is CC1CCN(c2ccc(C(=O)OCN3C(=O)c4ccccc4C3=O)cc2[N+](=O)[O-])CC1. The molecule has 0 aromatic heterocycles. The molecule has 2 aliphatic heterocycles. The zero-order chi connectivity index (χ0) is 22.1. The Balaban J connectivity index is 1.48. The Morgan fingerprint density at radius 1 is 1.10 bits per heavy atom. The second-order valence-electron chi connectivity index (χ2n) is 7.77. The van der Waals surface area contributed by atoms with Crippen LogP contribution in [-0.2, 0) is 4.74 Å². The van der Waals surface area contributed by atoms with E-state index in [1.165, 1.54) is 24.3 Å². The van der Waals surface area contributed by atoms with Gasteiger partial charge in [0.15, 0.2) is 6.73 Å². The van der Waals surface area contributed by atoms with Crippen LogP contribution in [0.2, 0.25) is 0 Å². The quantitative estimate of drug-likeness (QED) is 0.314. The Morgan fingerprint density at radius 3 is 2.29 bits per heavy atom. The highest BCUT2D eigenvalue weighted by Crippen LogP contribution is 2.32. The Hall–Kier alpha value is -3.75. The van der Waals surface area contributed by atoms with Gasteiger partial charge in [-0.3, -0.25) is 19.7 Å². The van der Waals surface area contributed by atoms with Crippen molar-refractivity contribution in [2.24, 2.45) is 5.92 Å². The molecule has 2 aromatic carbocycles. The Kier molecular flexibility index (Phi) is 5.41. The number of esters is 1. The number of carbonyl (C=O) groups is 3. The molecule has 0 spiro atoms. The summed E-state index contributed by atoms with van der Waals surface area (Å²) in [6.45, 7) is 3.01. The number of nitro groups is 1. The van der Waals surface area contributed by atoms with Crippen LogP contribution in [-0.4, -0.2) is 47.4 Å². The maximum atomic E-state index is 12.5. The van der Waals surface area contributed by atoms with Gasteiger partial charge in [0.05, 0.1) is 21.6 Å². The lowest BCUT2D eigenvalue weighted by atomic mass is 9.98. The summed E-state index contributed by atoms with van der Waals surface area (Å²) in [6.07, 6.45) is 1.89. The molecule has 0 saturated carbocycles. The summed E-state index contributed by atoms with van der Waals surface area (Å²) in [4.78, 5) is 51.1. The third kappa shape index (κ3) is 3.86. The van der Waals surface area contributed by atoms with Gasteiger partial charge in [0.2, 0.25) is 0 Å². The molecule has 9 nitrogen and oxygen atoms in total. The van der Waals surface area contributed by atoms with Crippen LogP contribution >= 0.6 is 0 Å². The third-order valence-corrected chi connectivity index (χ3v) is 5.74. The summed E-state index contributed by atoms with van der Waals surface area (Å²) in [5, 5.41) is 11.6. The molecule has 160 valence electrons. The molecular formula is C22H21N3O6. The zero-order valence-corrected chi connectivity index (χ0v) is 16.9. The Bertz CT molecular complexity index is 1040. The van der Waals surface area contributed by atoms with Gasteiger partial charge in [-0.15, -0.1) is 0 Å². The minimum absolute atomic E-state index is 0.0163. The molecule has 4 rings (SSSR count). The van der Waals surface area contributed by atoms with Crippen LogP contribution < -0.4 is 4.90 Å². The number of carbonyl (C=O) groups excluding carboxylic acids is 3. The molecule has 1 saturated heterocycles. The molecular weight excluding hydrogens is 402 g/mol. The van der Waals surface area contributed by atoms with E-state index >= 15 is 0 Å². The van der Waals surface area contributed by atoms with Gasteiger partial charge >= 0.3 is 5.97 Å². The van der Waals surface area contributed by atoms with Crippen molar-refractivity contribution in [2.45, 2.75) is 19.8 Å². The van der Waals surface area contributed by atoms with Gasteiger partial charge in [0.1, 0.15) is 5.69 Å². The van der Waals surface area contributed by atoms with Crippen molar-refractivity contribution < 1.29 is 24.0 Å². The minimum Gasteiger partial charge on any atom is -0.440 e. The van der Waals surface area contributed by atoms with Gasteiger partial charge in [-0.2, -0.15) is 0 Å². The molecule has 9 heteroatoms. The fraction of sp³-hybridized carbons (Fsp3) is 0.318. The maximum Gasteiger partial charge on any atom is 0.340 e. The molecule has 0 aliphatic carbocycles. The first-order valence-corrected chi connectivity index (χ1v) is 10.0. The molecule has 0 unspecified atom stereocenters. The summed E-state index contributed by atoms with van der Waals surface area (Å²) in [5.41, 5.74) is 0.773. The van der Waals surface area contributed by atoms with Gasteiger partial charge in [-0.05, 0) is 43.0 Å². The van der Waals surface area contributed by atoms with E-state index in [1.54, 1.807) is 18.2 Å². The highest BCUT2D eigenvalue weighted by Gasteiger charge is 2.36. The molecule has 0 bridgehead atoms. The maximum absolute atomic E-state index is 12.5. The van der Waals surface area contributed by atoms with E-state index in [0.29, 0.717) is 24.7 Å². The first kappa shape index (κ1) is 20.5. The molecule has 0 atom stereocenters. The molecule has 1 fully saturated rings. The fourth-order valence-electron chi connectivity index (χ4n) is 3.88. The molecule has 2 heterocycles. The summed E-state index contributed by atoms with van der Waals surface area (Å²) >= 11 is 0.